The van der Waals surface area contributed by atoms with Crippen LogP contribution in [0.3, 0.4) is 0 Å². The SMILES string of the molecule is C[C@H]([NH3+])C(=O)N[C@@H](CCCNC(N)N)C(=O)N[C@H](C(=O)N[C@@H](CCCC[N+](C)(C)C)C(=O)N[C@@H](CCC(N)=O)C(=O)N[C@H](C(=O)N[C@@H](C)C(=O)N[C@@H](CCCNC(N)N)C(=O)N[C@@H](CCCC[NH3+])C(=O)N[C@@H](CO)C(=O)N[C@H](C(=O)NCC(=O)NCC(=O)N[C@@H](CCCC[NH3+])C(=O)N[C@@H](C)C(=O)O)[C@@H](C)O)[C@@H](C)O)[C@@H](C)O. The highest BCUT2D eigenvalue weighted by atomic mass is 16.4. The molecule has 46 heteroatoms. The number of hydrogen-bond donors (Lipinski definition) is 29. The predicted molar refractivity (Wildman–Crippen MR) is 400 cm³/mol. The Morgan fingerprint density at radius 1 is 0.375 bits per heavy atom. The Labute approximate surface area is 651 Å². The predicted octanol–water partition coefficient (Wildman–Crippen LogP) is -16.0. The van der Waals surface area contributed by atoms with Gasteiger partial charge in [0.1, 0.15) is 85.1 Å². The van der Waals surface area contributed by atoms with E-state index in [-0.39, 0.29) is 70.9 Å². The number of unbranched alkanes of at least 4 members (excludes halogenated alkanes) is 3. The van der Waals surface area contributed by atoms with Crippen molar-refractivity contribution in [3.63, 3.8) is 0 Å². The lowest BCUT2D eigenvalue weighted by Gasteiger charge is -2.29. The summed E-state index contributed by atoms with van der Waals surface area (Å²) in [6.45, 7) is 6.40. The summed E-state index contributed by atoms with van der Waals surface area (Å²) in [6.07, 6.45) is -5.48. The fraction of sp³-hybridized carbons (Fsp3) is 0.758. The Morgan fingerprint density at radius 3 is 1.10 bits per heavy atom. The van der Waals surface area contributed by atoms with E-state index in [0.717, 1.165) is 13.8 Å². The fourth-order valence-corrected chi connectivity index (χ4v) is 10.4. The molecule has 0 radical (unpaired) electrons. The van der Waals surface area contributed by atoms with Crippen LogP contribution in [0.1, 0.15) is 138 Å². The number of aliphatic carboxylic acids is 1. The van der Waals surface area contributed by atoms with Crippen LogP contribution < -0.4 is 131 Å². The minimum atomic E-state index is -1.92. The minimum absolute atomic E-state index is 0.0119. The van der Waals surface area contributed by atoms with Crippen molar-refractivity contribution in [3.05, 3.63) is 0 Å². The van der Waals surface area contributed by atoms with Crippen molar-refractivity contribution in [1.29, 1.82) is 0 Å². The molecule has 40 N–H and O–H groups in total. The van der Waals surface area contributed by atoms with Crippen molar-refractivity contribution in [2.75, 3.05) is 73.6 Å². The van der Waals surface area contributed by atoms with Crippen LogP contribution in [0.4, 0.5) is 0 Å². The van der Waals surface area contributed by atoms with Gasteiger partial charge in [-0.05, 0) is 145 Å². The minimum Gasteiger partial charge on any atom is -0.480 e. The number of hydrogen-bond acceptors (Lipinski definition) is 26. The summed E-state index contributed by atoms with van der Waals surface area (Å²) in [6, 6.07) is -19.8. The molecule has 112 heavy (non-hydrogen) atoms. The Morgan fingerprint density at radius 2 is 0.705 bits per heavy atom. The summed E-state index contributed by atoms with van der Waals surface area (Å²) in [5, 5.41) is 90.8. The standard InChI is InChI=1S/C66H127N25O21/c1-33(69)52(99)82-43(22-17-28-76-66(73)74)58(105)90-51(38(6)95)63(110)86-41(20-12-15-29-91(7,8)9)55(102)85-44(23-24-46(70)96)59(106)89-50(37(5)94)62(109)79-34(2)53(100)83-42(21-16-27-75-65(71)72)56(103)84-40(19-11-14-26-68)57(104)87-45(32-92)60(107)88-49(36(4)93)61(108)78-30-47(97)77-31-48(98)81-39(18-10-13-25-67)54(101)80-35(3)64(111)112/h33-45,49-51,65-66,75-76,92-95H,10-32,67-69,71-74H2,1-9H3,(H16-,70,77,78,79,80,81,82,83,84,85,86,87,88,89,90,96,97,98,99,100,101,102,103,104,105,106,107,108,109,110,111,112)/p+4/t33-,34-,35-,36+,37+,38+,39-,40-,41-,42-,43-,44-,45-,49-,50-,51-/m0/s1. The summed E-state index contributed by atoms with van der Waals surface area (Å²) in [5.74, 6) is -16.3. The molecule has 0 fully saturated rings. The molecule has 0 aromatic carbocycles. The molecule has 15 amide bonds. The summed E-state index contributed by atoms with van der Waals surface area (Å²) >= 11 is 0. The van der Waals surface area contributed by atoms with Gasteiger partial charge in [0.15, 0.2) is 6.04 Å². The van der Waals surface area contributed by atoms with Crippen LogP contribution in [0.2, 0.25) is 0 Å². The zero-order valence-corrected chi connectivity index (χ0v) is 65.9. The average molecular weight is 1610 g/mol. The molecule has 0 bridgehead atoms. The molecule has 0 aliphatic carbocycles. The number of rotatable bonds is 59. The van der Waals surface area contributed by atoms with Crippen molar-refractivity contribution in [3.8, 4) is 0 Å². The van der Waals surface area contributed by atoms with Crippen molar-refractivity contribution in [2.24, 2.45) is 28.7 Å². The molecule has 0 aliphatic heterocycles. The average Bonchev–Trinajstić information content (AvgIpc) is 0.856. The summed E-state index contributed by atoms with van der Waals surface area (Å²) in [4.78, 5) is 215. The molecule has 0 spiro atoms. The Kier molecular flexibility index (Phi) is 50.2. The number of carbonyl (C=O) groups excluding carboxylic acids is 15. The third kappa shape index (κ3) is 43.7. The molecule has 16 atom stereocenters. The van der Waals surface area contributed by atoms with Crippen LogP contribution in [-0.2, 0) is 76.7 Å². The monoisotopic (exact) mass is 1610 g/mol. The lowest BCUT2D eigenvalue weighted by atomic mass is 10.0. The van der Waals surface area contributed by atoms with Gasteiger partial charge in [0.25, 0.3) is 5.91 Å². The van der Waals surface area contributed by atoms with Gasteiger partial charge in [0.05, 0.1) is 78.8 Å². The third-order valence-electron chi connectivity index (χ3n) is 17.0. The second-order valence-electron chi connectivity index (χ2n) is 28.5. The number of carboxylic acid groups (broad SMARTS) is 1. The number of amides is 15. The lowest BCUT2D eigenvalue weighted by molar-refractivity contribution is -0.870. The van der Waals surface area contributed by atoms with E-state index in [2.05, 4.69) is 102 Å². The molecule has 642 valence electrons. The number of nitrogens with two attached hydrogens (primary N) is 5. The molecule has 0 aromatic rings. The van der Waals surface area contributed by atoms with Crippen LogP contribution >= 0.6 is 0 Å². The molecule has 0 aromatic heterocycles. The summed E-state index contributed by atoms with van der Waals surface area (Å²) in [7, 11) is 5.76. The first-order valence-electron chi connectivity index (χ1n) is 37.4. The Bertz CT molecular complexity index is 3040. The van der Waals surface area contributed by atoms with E-state index >= 15 is 0 Å². The molecule has 0 rings (SSSR count). The van der Waals surface area contributed by atoms with Gasteiger partial charge in [-0.15, -0.1) is 0 Å². The van der Waals surface area contributed by atoms with E-state index in [0.29, 0.717) is 49.8 Å². The number of carboxylic acids is 1. The number of aliphatic hydroxyl groups is 4. The molecular formula is C66H131N25O21+4. The van der Waals surface area contributed by atoms with E-state index in [1.165, 1.54) is 27.7 Å². The van der Waals surface area contributed by atoms with E-state index in [9.17, 15) is 102 Å². The maximum atomic E-state index is 14.4. The lowest BCUT2D eigenvalue weighted by Crippen LogP contribution is -2.68. The largest absolute Gasteiger partial charge is 0.480 e. The normalized spacial score (nSPS) is 15.7. The second-order valence-corrected chi connectivity index (χ2v) is 28.5. The highest BCUT2D eigenvalue weighted by Gasteiger charge is 2.38. The van der Waals surface area contributed by atoms with Gasteiger partial charge in [0, 0.05) is 6.42 Å². The van der Waals surface area contributed by atoms with Crippen LogP contribution in [-0.4, -0.2) is 308 Å². The first-order chi connectivity index (χ1) is 52.3. The summed E-state index contributed by atoms with van der Waals surface area (Å²) < 4.78 is 0.513. The third-order valence-corrected chi connectivity index (χ3v) is 17.0. The maximum absolute atomic E-state index is 14.4. The number of nitrogens with zero attached hydrogens (tertiary/aromatic N) is 1. The van der Waals surface area contributed by atoms with Crippen molar-refractivity contribution < 1.29 is 124 Å². The van der Waals surface area contributed by atoms with E-state index in [1.807, 2.05) is 21.1 Å². The number of primary amides is 1. The van der Waals surface area contributed by atoms with Gasteiger partial charge in [-0.3, -0.25) is 87.3 Å². The van der Waals surface area contributed by atoms with E-state index in [4.69, 9.17) is 28.7 Å². The molecule has 46 nitrogen and oxygen atoms in total. The van der Waals surface area contributed by atoms with Gasteiger partial charge < -0.3 is 150 Å². The van der Waals surface area contributed by atoms with Crippen molar-refractivity contribution in [2.45, 2.75) is 247 Å². The van der Waals surface area contributed by atoms with Gasteiger partial charge in [-0.1, -0.05) is 0 Å². The van der Waals surface area contributed by atoms with Crippen molar-refractivity contribution in [1.82, 2.24) is 85.1 Å². The Balaban J connectivity index is 6.78. The highest BCUT2D eigenvalue weighted by Crippen LogP contribution is 2.12. The van der Waals surface area contributed by atoms with Gasteiger partial charge >= 0.3 is 5.97 Å². The van der Waals surface area contributed by atoms with E-state index in [1.54, 1.807) is 0 Å². The van der Waals surface area contributed by atoms with Crippen LogP contribution in [0.15, 0.2) is 0 Å². The topological polar surface area (TPSA) is 780 Å². The fourth-order valence-electron chi connectivity index (χ4n) is 10.4. The Hall–Kier alpha value is -9.04. The van der Waals surface area contributed by atoms with Crippen LogP contribution in [0.25, 0.3) is 0 Å². The maximum Gasteiger partial charge on any atom is 0.325 e. The molecule has 0 unspecified atom stereocenters. The molecule has 0 aliphatic rings. The van der Waals surface area contributed by atoms with Crippen molar-refractivity contribution >= 4 is 94.6 Å². The number of nitrogens with one attached hydrogen (secondary N) is 16. The van der Waals surface area contributed by atoms with Crippen LogP contribution in [0.5, 0.6) is 0 Å². The van der Waals surface area contributed by atoms with Gasteiger partial charge in [-0.2, -0.15) is 0 Å². The number of quaternary nitrogens is 4. The molecular weight excluding hydrogens is 1480 g/mol. The highest BCUT2D eigenvalue weighted by molar-refractivity contribution is 6.00. The summed E-state index contributed by atoms with van der Waals surface area (Å²) in [5.41, 5.74) is 39.1. The zero-order valence-electron chi connectivity index (χ0n) is 65.9. The van der Waals surface area contributed by atoms with Crippen LogP contribution in [0, 0.1) is 0 Å². The quantitative estimate of drug-likeness (QED) is 0.0153. The zero-order chi connectivity index (χ0) is 85.7. The van der Waals surface area contributed by atoms with Gasteiger partial charge in [0.2, 0.25) is 82.7 Å². The second kappa shape index (κ2) is 54.6. The smallest absolute Gasteiger partial charge is 0.325 e. The first kappa shape index (κ1) is 103. The van der Waals surface area contributed by atoms with E-state index < -0.39 is 237 Å². The molecule has 0 saturated carbocycles. The van der Waals surface area contributed by atoms with Gasteiger partial charge in [-0.25, -0.2) is 0 Å². The first-order valence-corrected chi connectivity index (χ1v) is 37.4. The number of aliphatic hydroxyl groups excluding tert-OH is 4. The molecule has 0 saturated heterocycles. The number of carbonyl (C=O) groups is 16. The molecule has 0 heterocycles.